The maximum Gasteiger partial charge on any atom is 0.0462 e. The number of hydrogen-bond acceptors (Lipinski definition) is 1. The minimum Gasteiger partial charge on any atom is -0.311 e. The SMILES string of the molecule is C(C=Cc1ccc(N(c2ccccc2)c2ccccc2)cc1)=Cc1ccccc1. The average molecular weight is 373 g/mol. The average Bonchev–Trinajstić information content (AvgIpc) is 2.80. The first-order valence-electron chi connectivity index (χ1n) is 9.80. The smallest absolute Gasteiger partial charge is 0.0462 e. The number of para-hydroxylation sites is 2. The molecule has 4 rings (SSSR count). The first kappa shape index (κ1) is 18.5. The Hall–Kier alpha value is -3.84. The van der Waals surface area contributed by atoms with E-state index in [1.807, 2.05) is 30.3 Å². The van der Waals surface area contributed by atoms with E-state index < -0.39 is 0 Å². The molecule has 0 saturated carbocycles. The van der Waals surface area contributed by atoms with Crippen molar-refractivity contribution in [2.45, 2.75) is 0 Å². The number of anilines is 3. The molecule has 0 saturated heterocycles. The Morgan fingerprint density at radius 1 is 0.379 bits per heavy atom. The number of rotatable bonds is 6. The van der Waals surface area contributed by atoms with Crippen LogP contribution in [0.25, 0.3) is 12.2 Å². The molecule has 1 nitrogen and oxygen atoms in total. The van der Waals surface area contributed by atoms with E-state index in [0.717, 1.165) is 17.1 Å². The molecule has 0 radical (unpaired) electrons. The normalized spacial score (nSPS) is 11.2. The van der Waals surface area contributed by atoms with E-state index in [0.29, 0.717) is 0 Å². The van der Waals surface area contributed by atoms with Crippen LogP contribution in [-0.2, 0) is 0 Å². The highest BCUT2D eigenvalue weighted by Crippen LogP contribution is 2.34. The molecule has 0 aliphatic rings. The van der Waals surface area contributed by atoms with Crippen molar-refractivity contribution < 1.29 is 0 Å². The third-order valence-corrected chi connectivity index (χ3v) is 4.67. The van der Waals surface area contributed by atoms with Gasteiger partial charge < -0.3 is 4.90 Å². The third-order valence-electron chi connectivity index (χ3n) is 4.67. The lowest BCUT2D eigenvalue weighted by Gasteiger charge is -2.25. The van der Waals surface area contributed by atoms with E-state index in [1.165, 1.54) is 11.1 Å². The molecule has 4 aromatic rings. The van der Waals surface area contributed by atoms with Gasteiger partial charge in [0, 0.05) is 17.1 Å². The zero-order chi connectivity index (χ0) is 19.7. The molecule has 29 heavy (non-hydrogen) atoms. The first-order chi connectivity index (χ1) is 14.4. The fourth-order valence-electron chi connectivity index (χ4n) is 3.23. The van der Waals surface area contributed by atoms with Crippen LogP contribution in [0.4, 0.5) is 17.1 Å². The maximum atomic E-state index is 2.27. The van der Waals surface area contributed by atoms with E-state index in [9.17, 15) is 0 Å². The molecule has 0 bridgehead atoms. The quantitative estimate of drug-likeness (QED) is 0.311. The van der Waals surface area contributed by atoms with Gasteiger partial charge in [-0.3, -0.25) is 0 Å². The largest absolute Gasteiger partial charge is 0.311 e. The van der Waals surface area contributed by atoms with E-state index >= 15 is 0 Å². The summed E-state index contributed by atoms with van der Waals surface area (Å²) in [6.45, 7) is 0. The minimum atomic E-state index is 1.14. The fourth-order valence-corrected chi connectivity index (χ4v) is 3.23. The van der Waals surface area contributed by atoms with Crippen molar-refractivity contribution in [3.8, 4) is 0 Å². The Labute approximate surface area is 172 Å². The van der Waals surface area contributed by atoms with Gasteiger partial charge in [0.2, 0.25) is 0 Å². The van der Waals surface area contributed by atoms with E-state index in [4.69, 9.17) is 0 Å². The van der Waals surface area contributed by atoms with Crippen LogP contribution in [0.1, 0.15) is 11.1 Å². The summed E-state index contributed by atoms with van der Waals surface area (Å²) in [5.74, 6) is 0. The van der Waals surface area contributed by atoms with Gasteiger partial charge in [-0.05, 0) is 47.5 Å². The van der Waals surface area contributed by atoms with Gasteiger partial charge in [0.05, 0.1) is 0 Å². The molecular formula is C28H23N. The second-order valence-corrected chi connectivity index (χ2v) is 6.73. The summed E-state index contributed by atoms with van der Waals surface area (Å²) >= 11 is 0. The van der Waals surface area contributed by atoms with Crippen molar-refractivity contribution in [2.24, 2.45) is 0 Å². The number of allylic oxidation sites excluding steroid dienone is 2. The Balaban J connectivity index is 1.55. The topological polar surface area (TPSA) is 3.24 Å². The Kier molecular flexibility index (Phi) is 5.99. The van der Waals surface area contributed by atoms with Crippen LogP contribution in [0.5, 0.6) is 0 Å². The standard InChI is InChI=1S/C28H23N/c1-4-12-24(13-5-1)14-10-11-15-25-20-22-28(23-21-25)29(26-16-6-2-7-17-26)27-18-8-3-9-19-27/h1-23H. The van der Waals surface area contributed by atoms with Gasteiger partial charge in [-0.25, -0.2) is 0 Å². The highest BCUT2D eigenvalue weighted by molar-refractivity contribution is 5.77. The molecule has 140 valence electrons. The summed E-state index contributed by atoms with van der Waals surface area (Å²) in [6.07, 6.45) is 8.38. The lowest BCUT2D eigenvalue weighted by Crippen LogP contribution is -2.09. The van der Waals surface area contributed by atoms with Crippen LogP contribution in [-0.4, -0.2) is 0 Å². The molecule has 0 aliphatic heterocycles. The van der Waals surface area contributed by atoms with E-state index in [1.54, 1.807) is 0 Å². The molecule has 0 aromatic heterocycles. The lowest BCUT2D eigenvalue weighted by molar-refractivity contribution is 1.28. The zero-order valence-corrected chi connectivity index (χ0v) is 16.2. The van der Waals surface area contributed by atoms with Crippen molar-refractivity contribution in [2.75, 3.05) is 4.90 Å². The predicted molar refractivity (Wildman–Crippen MR) is 126 cm³/mol. The predicted octanol–water partition coefficient (Wildman–Crippen LogP) is 7.88. The monoisotopic (exact) mass is 373 g/mol. The maximum absolute atomic E-state index is 2.27. The Morgan fingerprint density at radius 2 is 0.759 bits per heavy atom. The molecule has 0 spiro atoms. The summed E-state index contributed by atoms with van der Waals surface area (Å²) in [5.41, 5.74) is 5.81. The van der Waals surface area contributed by atoms with Crippen LogP contribution < -0.4 is 4.90 Å². The van der Waals surface area contributed by atoms with Crippen LogP contribution in [0.3, 0.4) is 0 Å². The van der Waals surface area contributed by atoms with Gasteiger partial charge in [0.1, 0.15) is 0 Å². The molecule has 0 amide bonds. The van der Waals surface area contributed by atoms with Crippen LogP contribution >= 0.6 is 0 Å². The molecule has 0 fully saturated rings. The molecule has 1 heteroatoms. The van der Waals surface area contributed by atoms with Crippen molar-refractivity contribution >= 4 is 29.2 Å². The molecule has 0 aliphatic carbocycles. The van der Waals surface area contributed by atoms with Crippen molar-refractivity contribution in [3.63, 3.8) is 0 Å². The van der Waals surface area contributed by atoms with Gasteiger partial charge >= 0.3 is 0 Å². The highest BCUT2D eigenvalue weighted by atomic mass is 15.1. The van der Waals surface area contributed by atoms with Gasteiger partial charge in [0.15, 0.2) is 0 Å². The highest BCUT2D eigenvalue weighted by Gasteiger charge is 2.11. The molecule has 0 N–H and O–H groups in total. The Morgan fingerprint density at radius 3 is 1.24 bits per heavy atom. The molecule has 0 unspecified atom stereocenters. The van der Waals surface area contributed by atoms with Gasteiger partial charge in [0.25, 0.3) is 0 Å². The number of nitrogens with zero attached hydrogens (tertiary/aromatic N) is 1. The molecule has 4 aromatic carbocycles. The lowest BCUT2D eigenvalue weighted by atomic mass is 10.1. The Bertz CT molecular complexity index is 1020. The van der Waals surface area contributed by atoms with Crippen molar-refractivity contribution in [1.29, 1.82) is 0 Å². The number of benzene rings is 4. The summed E-state index contributed by atoms with van der Waals surface area (Å²) in [4.78, 5) is 2.27. The van der Waals surface area contributed by atoms with E-state index in [-0.39, 0.29) is 0 Å². The van der Waals surface area contributed by atoms with Crippen molar-refractivity contribution in [3.05, 3.63) is 139 Å². The molecule has 0 heterocycles. The molecule has 0 atom stereocenters. The second-order valence-electron chi connectivity index (χ2n) is 6.73. The number of hydrogen-bond donors (Lipinski definition) is 0. The zero-order valence-electron chi connectivity index (χ0n) is 16.2. The van der Waals surface area contributed by atoms with Crippen LogP contribution in [0.2, 0.25) is 0 Å². The summed E-state index contributed by atoms with van der Waals surface area (Å²) < 4.78 is 0. The van der Waals surface area contributed by atoms with Gasteiger partial charge in [-0.15, -0.1) is 0 Å². The molecular weight excluding hydrogens is 350 g/mol. The summed E-state index contributed by atoms with van der Waals surface area (Å²) in [5, 5.41) is 0. The minimum absolute atomic E-state index is 1.14. The van der Waals surface area contributed by atoms with Crippen LogP contribution in [0, 0.1) is 0 Å². The van der Waals surface area contributed by atoms with Crippen molar-refractivity contribution in [1.82, 2.24) is 0 Å². The van der Waals surface area contributed by atoms with E-state index in [2.05, 4.69) is 114 Å². The third kappa shape index (κ3) is 4.91. The van der Waals surface area contributed by atoms with Gasteiger partial charge in [-0.1, -0.05) is 103 Å². The summed E-state index contributed by atoms with van der Waals surface area (Å²) in [7, 11) is 0. The fraction of sp³-hybridized carbons (Fsp3) is 0. The first-order valence-corrected chi connectivity index (χ1v) is 9.80. The van der Waals surface area contributed by atoms with Gasteiger partial charge in [-0.2, -0.15) is 0 Å². The van der Waals surface area contributed by atoms with Crippen LogP contribution in [0.15, 0.2) is 127 Å². The summed E-state index contributed by atoms with van der Waals surface area (Å²) in [6, 6.07) is 39.9. The second kappa shape index (κ2) is 9.38.